The number of amides is 1. The number of carbonyl (C=O) groups excluding carboxylic acids is 1. The first-order valence-corrected chi connectivity index (χ1v) is 9.76. The van der Waals surface area contributed by atoms with E-state index in [1.807, 2.05) is 36.2 Å². The molecule has 6 heteroatoms. The van der Waals surface area contributed by atoms with Gasteiger partial charge in [0.05, 0.1) is 6.20 Å². The molecule has 1 saturated heterocycles. The molecule has 1 aliphatic heterocycles. The highest BCUT2D eigenvalue weighted by atomic mass is 16.2. The Hall–Kier alpha value is -3.15. The topological polar surface area (TPSA) is 71.0 Å². The van der Waals surface area contributed by atoms with E-state index in [2.05, 4.69) is 22.3 Å². The summed E-state index contributed by atoms with van der Waals surface area (Å²) in [5.74, 6) is 0.279. The van der Waals surface area contributed by atoms with Crippen LogP contribution in [0.5, 0.6) is 0 Å². The number of nitrogens with one attached hydrogen (secondary N) is 1. The molecule has 0 saturated carbocycles. The van der Waals surface area contributed by atoms with Gasteiger partial charge in [-0.2, -0.15) is 5.10 Å². The van der Waals surface area contributed by atoms with Crippen LogP contribution < -0.4 is 5.56 Å². The van der Waals surface area contributed by atoms with E-state index in [1.54, 1.807) is 16.8 Å². The first kappa shape index (κ1) is 18.2. The van der Waals surface area contributed by atoms with Gasteiger partial charge in [0.1, 0.15) is 0 Å². The van der Waals surface area contributed by atoms with Crippen molar-refractivity contribution in [3.05, 3.63) is 76.5 Å². The molecule has 3 aromatic rings. The predicted octanol–water partition coefficient (Wildman–Crippen LogP) is 3.28. The van der Waals surface area contributed by atoms with Gasteiger partial charge in [0.15, 0.2) is 0 Å². The molecular formula is C22H24N4O2. The predicted molar refractivity (Wildman–Crippen MR) is 108 cm³/mol. The third-order valence-electron chi connectivity index (χ3n) is 5.53. The summed E-state index contributed by atoms with van der Waals surface area (Å²) in [5.41, 5.74) is 3.77. The fraction of sp³-hybridized carbons (Fsp3) is 0.318. The van der Waals surface area contributed by atoms with E-state index in [0.717, 1.165) is 29.7 Å². The van der Waals surface area contributed by atoms with Gasteiger partial charge in [-0.3, -0.25) is 14.7 Å². The van der Waals surface area contributed by atoms with Gasteiger partial charge in [0, 0.05) is 54.6 Å². The van der Waals surface area contributed by atoms with Crippen LogP contribution in [0, 0.1) is 0 Å². The van der Waals surface area contributed by atoms with Crippen molar-refractivity contribution in [3.63, 3.8) is 0 Å². The molecule has 2 aromatic heterocycles. The van der Waals surface area contributed by atoms with Gasteiger partial charge in [0.25, 0.3) is 11.5 Å². The fourth-order valence-corrected chi connectivity index (χ4v) is 3.91. The lowest BCUT2D eigenvalue weighted by Crippen LogP contribution is -2.38. The van der Waals surface area contributed by atoms with Crippen molar-refractivity contribution < 1.29 is 4.79 Å². The normalized spacial score (nSPS) is 15.0. The lowest BCUT2D eigenvalue weighted by Gasteiger charge is -2.32. The van der Waals surface area contributed by atoms with E-state index in [0.29, 0.717) is 31.1 Å². The van der Waals surface area contributed by atoms with E-state index in [1.165, 1.54) is 6.07 Å². The van der Waals surface area contributed by atoms with Crippen LogP contribution in [0.25, 0.3) is 11.1 Å². The van der Waals surface area contributed by atoms with E-state index in [9.17, 15) is 9.59 Å². The van der Waals surface area contributed by atoms with Gasteiger partial charge in [-0.25, -0.2) is 0 Å². The number of hydrogen-bond donors (Lipinski definition) is 1. The summed E-state index contributed by atoms with van der Waals surface area (Å²) in [6.07, 6.45) is 5.32. The number of rotatable bonds is 4. The van der Waals surface area contributed by atoms with Crippen LogP contribution in [-0.2, 0) is 6.54 Å². The summed E-state index contributed by atoms with van der Waals surface area (Å²) in [7, 11) is 0. The van der Waals surface area contributed by atoms with Crippen molar-refractivity contribution in [2.24, 2.45) is 0 Å². The maximum atomic E-state index is 12.8. The van der Waals surface area contributed by atoms with Crippen LogP contribution in [-0.4, -0.2) is 38.7 Å². The number of hydrogen-bond acceptors (Lipinski definition) is 3. The summed E-state index contributed by atoms with van der Waals surface area (Å²) in [4.78, 5) is 26.7. The van der Waals surface area contributed by atoms with Gasteiger partial charge >= 0.3 is 0 Å². The van der Waals surface area contributed by atoms with Crippen LogP contribution in [0.1, 0.15) is 41.7 Å². The Morgan fingerprint density at radius 3 is 2.61 bits per heavy atom. The van der Waals surface area contributed by atoms with E-state index in [-0.39, 0.29) is 11.5 Å². The molecule has 1 aliphatic rings. The lowest BCUT2D eigenvalue weighted by molar-refractivity contribution is 0.0712. The SMILES string of the molecule is CCn1ccc(C(=O)N2CCC(c3[nH]ncc3-c3ccccc3)CC2)cc1=O. The molecule has 1 fully saturated rings. The number of H-pyrrole nitrogens is 1. The maximum absolute atomic E-state index is 12.8. The molecule has 0 atom stereocenters. The molecule has 4 rings (SSSR count). The molecule has 0 spiro atoms. The Morgan fingerprint density at radius 1 is 1.18 bits per heavy atom. The number of pyridine rings is 1. The van der Waals surface area contributed by atoms with Gasteiger partial charge in [-0.15, -0.1) is 0 Å². The Morgan fingerprint density at radius 2 is 1.93 bits per heavy atom. The Bertz CT molecular complexity index is 1010. The highest BCUT2D eigenvalue weighted by molar-refractivity contribution is 5.94. The average molecular weight is 376 g/mol. The molecule has 6 nitrogen and oxygen atoms in total. The first-order chi connectivity index (χ1) is 13.7. The third kappa shape index (κ3) is 3.50. The monoisotopic (exact) mass is 376 g/mol. The highest BCUT2D eigenvalue weighted by Gasteiger charge is 2.27. The molecular weight excluding hydrogens is 352 g/mol. The first-order valence-electron chi connectivity index (χ1n) is 9.76. The number of aromatic amines is 1. The van der Waals surface area contributed by atoms with Crippen molar-refractivity contribution in [1.82, 2.24) is 19.7 Å². The van der Waals surface area contributed by atoms with Crippen molar-refractivity contribution >= 4 is 5.91 Å². The van der Waals surface area contributed by atoms with Gasteiger partial charge in [-0.1, -0.05) is 30.3 Å². The number of carbonyl (C=O) groups is 1. The number of likely N-dealkylation sites (tertiary alicyclic amines) is 1. The maximum Gasteiger partial charge on any atom is 0.254 e. The van der Waals surface area contributed by atoms with Crippen molar-refractivity contribution in [1.29, 1.82) is 0 Å². The summed E-state index contributed by atoms with van der Waals surface area (Å²) in [5, 5.41) is 7.43. The molecule has 0 unspecified atom stereocenters. The number of benzene rings is 1. The Kier molecular flexibility index (Phi) is 5.10. The molecule has 0 aliphatic carbocycles. The summed E-state index contributed by atoms with van der Waals surface area (Å²) in [6, 6.07) is 13.4. The molecule has 1 aromatic carbocycles. The molecule has 3 heterocycles. The highest BCUT2D eigenvalue weighted by Crippen LogP contribution is 2.34. The number of aromatic nitrogens is 3. The second-order valence-electron chi connectivity index (χ2n) is 7.17. The van der Waals surface area contributed by atoms with E-state index < -0.39 is 0 Å². The smallest absolute Gasteiger partial charge is 0.254 e. The molecule has 0 radical (unpaired) electrons. The Labute approximate surface area is 163 Å². The second kappa shape index (κ2) is 7.84. The molecule has 1 amide bonds. The van der Waals surface area contributed by atoms with Gasteiger partial charge in [-0.05, 0) is 31.4 Å². The number of piperidine rings is 1. The van der Waals surface area contributed by atoms with Crippen LogP contribution in [0.4, 0.5) is 0 Å². The van der Waals surface area contributed by atoms with Crippen LogP contribution >= 0.6 is 0 Å². The number of nitrogens with zero attached hydrogens (tertiary/aromatic N) is 3. The van der Waals surface area contributed by atoms with Crippen LogP contribution in [0.15, 0.2) is 59.7 Å². The second-order valence-corrected chi connectivity index (χ2v) is 7.17. The average Bonchev–Trinajstić information content (AvgIpc) is 3.24. The van der Waals surface area contributed by atoms with Crippen molar-refractivity contribution in [2.45, 2.75) is 32.2 Å². The summed E-state index contributed by atoms with van der Waals surface area (Å²) >= 11 is 0. The largest absolute Gasteiger partial charge is 0.339 e. The van der Waals surface area contributed by atoms with Gasteiger partial charge < -0.3 is 9.47 Å². The zero-order chi connectivity index (χ0) is 19.5. The summed E-state index contributed by atoms with van der Waals surface area (Å²) < 4.78 is 1.59. The van der Waals surface area contributed by atoms with Crippen LogP contribution in [0.2, 0.25) is 0 Å². The zero-order valence-electron chi connectivity index (χ0n) is 16.0. The minimum Gasteiger partial charge on any atom is -0.339 e. The molecule has 1 N–H and O–H groups in total. The van der Waals surface area contributed by atoms with E-state index in [4.69, 9.17) is 0 Å². The molecule has 144 valence electrons. The van der Waals surface area contributed by atoms with Crippen molar-refractivity contribution in [3.8, 4) is 11.1 Å². The van der Waals surface area contributed by atoms with E-state index >= 15 is 0 Å². The third-order valence-corrected chi connectivity index (χ3v) is 5.53. The minimum absolute atomic E-state index is 0.0632. The van der Waals surface area contributed by atoms with Gasteiger partial charge in [0.2, 0.25) is 0 Å². The molecule has 28 heavy (non-hydrogen) atoms. The fourth-order valence-electron chi connectivity index (χ4n) is 3.91. The number of aryl methyl sites for hydroxylation is 1. The quantitative estimate of drug-likeness (QED) is 0.760. The molecule has 0 bridgehead atoms. The zero-order valence-corrected chi connectivity index (χ0v) is 16.0. The summed E-state index contributed by atoms with van der Waals surface area (Å²) in [6.45, 7) is 3.86. The lowest BCUT2D eigenvalue weighted by atomic mass is 9.89. The van der Waals surface area contributed by atoms with Crippen LogP contribution in [0.3, 0.4) is 0 Å². The minimum atomic E-state index is -0.131. The standard InChI is InChI=1S/C22H24N4O2/c1-2-25-11-10-18(14-20(25)27)22(28)26-12-8-17(9-13-26)21-19(15-23-24-21)16-6-4-3-5-7-16/h3-7,10-11,14-15,17H,2,8-9,12-13H2,1H3,(H,23,24). The van der Waals surface area contributed by atoms with Crippen molar-refractivity contribution in [2.75, 3.05) is 13.1 Å². The Balaban J connectivity index is 1.46.